The number of benzene rings is 2. The molecule has 2 aromatic carbocycles. The van der Waals surface area contributed by atoms with E-state index in [1.807, 2.05) is 30.3 Å². The van der Waals surface area contributed by atoms with Crippen LogP contribution in [-0.4, -0.2) is 17.7 Å². The van der Waals surface area contributed by atoms with Crippen molar-refractivity contribution in [3.8, 4) is 0 Å². The molecule has 0 N–H and O–H groups in total. The summed E-state index contributed by atoms with van der Waals surface area (Å²) in [5.41, 5.74) is 1.88. The molecule has 5 heteroatoms. The lowest BCUT2D eigenvalue weighted by Gasteiger charge is -2.29. The molecule has 24 heavy (non-hydrogen) atoms. The molecule has 0 saturated heterocycles. The second-order valence-corrected chi connectivity index (χ2v) is 5.76. The highest BCUT2D eigenvalue weighted by Crippen LogP contribution is 2.40. The third-order valence-corrected chi connectivity index (χ3v) is 4.15. The van der Waals surface area contributed by atoms with E-state index in [1.165, 1.54) is 13.8 Å². The van der Waals surface area contributed by atoms with E-state index in [9.17, 15) is 14.4 Å². The SMILES string of the molecule is CC(=O)N1C(=O)CC(c2ccccc2)N(C(C)=O)c2ccccc21. The summed E-state index contributed by atoms with van der Waals surface area (Å²) in [5.74, 6) is -0.841. The normalized spacial score (nSPS) is 17.2. The molecule has 1 atom stereocenters. The smallest absolute Gasteiger partial charge is 0.236 e. The number of para-hydroxylation sites is 2. The summed E-state index contributed by atoms with van der Waals surface area (Å²) in [4.78, 5) is 39.9. The monoisotopic (exact) mass is 322 g/mol. The lowest BCUT2D eigenvalue weighted by Crippen LogP contribution is -2.35. The first-order valence-corrected chi connectivity index (χ1v) is 7.78. The number of carbonyl (C=O) groups is 3. The van der Waals surface area contributed by atoms with Gasteiger partial charge in [-0.25, -0.2) is 4.90 Å². The molecule has 1 heterocycles. The van der Waals surface area contributed by atoms with Crippen LogP contribution in [0.1, 0.15) is 31.9 Å². The Morgan fingerprint density at radius 1 is 0.875 bits per heavy atom. The number of fused-ring (bicyclic) bond motifs is 1. The minimum atomic E-state index is -0.443. The van der Waals surface area contributed by atoms with Gasteiger partial charge < -0.3 is 4.90 Å². The van der Waals surface area contributed by atoms with Gasteiger partial charge >= 0.3 is 0 Å². The van der Waals surface area contributed by atoms with Gasteiger partial charge in [0.25, 0.3) is 0 Å². The minimum absolute atomic E-state index is 0.0534. The van der Waals surface area contributed by atoms with Crippen LogP contribution in [0.4, 0.5) is 11.4 Å². The van der Waals surface area contributed by atoms with Gasteiger partial charge in [-0.3, -0.25) is 14.4 Å². The number of nitrogens with zero attached hydrogens (tertiary/aromatic N) is 2. The van der Waals surface area contributed by atoms with E-state index in [-0.39, 0.29) is 24.1 Å². The maximum absolute atomic E-state index is 12.7. The fourth-order valence-electron chi connectivity index (χ4n) is 3.18. The van der Waals surface area contributed by atoms with Gasteiger partial charge in [0, 0.05) is 13.8 Å². The number of hydrogen-bond acceptors (Lipinski definition) is 3. The van der Waals surface area contributed by atoms with Crippen LogP contribution in [-0.2, 0) is 14.4 Å². The quantitative estimate of drug-likeness (QED) is 0.811. The van der Waals surface area contributed by atoms with E-state index in [0.717, 1.165) is 10.5 Å². The first-order chi connectivity index (χ1) is 11.5. The maximum Gasteiger partial charge on any atom is 0.236 e. The number of imide groups is 1. The Morgan fingerprint density at radius 2 is 1.46 bits per heavy atom. The molecule has 5 nitrogen and oxygen atoms in total. The second kappa shape index (κ2) is 6.28. The molecule has 122 valence electrons. The highest BCUT2D eigenvalue weighted by atomic mass is 16.2. The number of hydrogen-bond donors (Lipinski definition) is 0. The molecule has 0 aromatic heterocycles. The van der Waals surface area contributed by atoms with Crippen molar-refractivity contribution in [2.45, 2.75) is 26.3 Å². The van der Waals surface area contributed by atoms with E-state index in [0.29, 0.717) is 11.4 Å². The van der Waals surface area contributed by atoms with Crippen molar-refractivity contribution >= 4 is 29.1 Å². The largest absolute Gasteiger partial charge is 0.303 e. The first-order valence-electron chi connectivity index (χ1n) is 7.78. The van der Waals surface area contributed by atoms with E-state index in [2.05, 4.69) is 0 Å². The highest BCUT2D eigenvalue weighted by Gasteiger charge is 2.36. The molecule has 1 aliphatic heterocycles. The molecule has 0 fully saturated rings. The van der Waals surface area contributed by atoms with Crippen LogP contribution in [0.3, 0.4) is 0 Å². The maximum atomic E-state index is 12.7. The van der Waals surface area contributed by atoms with E-state index < -0.39 is 6.04 Å². The van der Waals surface area contributed by atoms with Gasteiger partial charge in [-0.1, -0.05) is 42.5 Å². The summed E-state index contributed by atoms with van der Waals surface area (Å²) in [5, 5.41) is 0. The Morgan fingerprint density at radius 3 is 2.04 bits per heavy atom. The van der Waals surface area contributed by atoms with Crippen molar-refractivity contribution in [2.24, 2.45) is 0 Å². The zero-order valence-electron chi connectivity index (χ0n) is 13.6. The molecular formula is C19H18N2O3. The molecule has 0 bridgehead atoms. The average Bonchev–Trinajstić information content (AvgIpc) is 2.69. The van der Waals surface area contributed by atoms with Crippen LogP contribution in [0.5, 0.6) is 0 Å². The Balaban J connectivity index is 2.23. The number of amides is 3. The van der Waals surface area contributed by atoms with Crippen LogP contribution in [0.15, 0.2) is 54.6 Å². The minimum Gasteiger partial charge on any atom is -0.303 e. The van der Waals surface area contributed by atoms with E-state index in [4.69, 9.17) is 0 Å². The van der Waals surface area contributed by atoms with Crippen molar-refractivity contribution in [3.63, 3.8) is 0 Å². The lowest BCUT2D eigenvalue weighted by molar-refractivity contribution is -0.125. The van der Waals surface area contributed by atoms with Crippen LogP contribution in [0, 0.1) is 0 Å². The van der Waals surface area contributed by atoms with Crippen LogP contribution in [0.25, 0.3) is 0 Å². The van der Waals surface area contributed by atoms with Crippen molar-refractivity contribution in [3.05, 3.63) is 60.2 Å². The topological polar surface area (TPSA) is 57.7 Å². The standard InChI is InChI=1S/C19H18N2O3/c1-13(22)20-16-10-6-7-11-17(16)21(14(2)23)19(24)12-18(20)15-8-4-3-5-9-15/h3-11,18H,12H2,1-2H3. The first kappa shape index (κ1) is 15.9. The average molecular weight is 322 g/mol. The van der Waals surface area contributed by atoms with Gasteiger partial charge in [0.1, 0.15) is 0 Å². The van der Waals surface area contributed by atoms with Crippen molar-refractivity contribution in [1.29, 1.82) is 0 Å². The van der Waals surface area contributed by atoms with Gasteiger partial charge in [-0.2, -0.15) is 0 Å². The molecule has 1 unspecified atom stereocenters. The molecule has 1 aliphatic rings. The summed E-state index contributed by atoms with van der Waals surface area (Å²) < 4.78 is 0. The lowest BCUT2D eigenvalue weighted by atomic mass is 10.0. The zero-order valence-corrected chi connectivity index (χ0v) is 13.6. The Hall–Kier alpha value is -2.95. The van der Waals surface area contributed by atoms with Crippen LogP contribution < -0.4 is 9.80 Å². The summed E-state index contributed by atoms with van der Waals surface area (Å²) >= 11 is 0. The predicted octanol–water partition coefficient (Wildman–Crippen LogP) is 3.06. The van der Waals surface area contributed by atoms with Crippen LogP contribution >= 0.6 is 0 Å². The van der Waals surface area contributed by atoms with E-state index in [1.54, 1.807) is 29.2 Å². The van der Waals surface area contributed by atoms with Crippen LogP contribution in [0.2, 0.25) is 0 Å². The fraction of sp³-hybridized carbons (Fsp3) is 0.211. The van der Waals surface area contributed by atoms with Gasteiger partial charge in [0.15, 0.2) is 0 Å². The van der Waals surface area contributed by atoms with Crippen molar-refractivity contribution in [1.82, 2.24) is 0 Å². The Kier molecular flexibility index (Phi) is 4.16. The molecule has 0 spiro atoms. The fourth-order valence-corrected chi connectivity index (χ4v) is 3.18. The zero-order chi connectivity index (χ0) is 17.3. The Bertz CT molecular complexity index is 801. The molecule has 3 rings (SSSR count). The molecule has 2 aromatic rings. The summed E-state index contributed by atoms with van der Waals surface area (Å²) in [6.45, 7) is 2.83. The van der Waals surface area contributed by atoms with E-state index >= 15 is 0 Å². The summed E-state index contributed by atoms with van der Waals surface area (Å²) in [7, 11) is 0. The van der Waals surface area contributed by atoms with Crippen molar-refractivity contribution < 1.29 is 14.4 Å². The molecule has 0 aliphatic carbocycles. The van der Waals surface area contributed by atoms with Gasteiger partial charge in [-0.15, -0.1) is 0 Å². The molecule has 3 amide bonds. The summed E-state index contributed by atoms with van der Waals surface area (Å²) in [6, 6.07) is 16.0. The Labute approximate surface area is 140 Å². The second-order valence-electron chi connectivity index (χ2n) is 5.76. The number of rotatable bonds is 1. The summed E-state index contributed by atoms with van der Waals surface area (Å²) in [6.07, 6.45) is 0.0534. The third kappa shape index (κ3) is 2.69. The number of anilines is 2. The number of carbonyl (C=O) groups excluding carboxylic acids is 3. The van der Waals surface area contributed by atoms with Gasteiger partial charge in [-0.05, 0) is 17.7 Å². The van der Waals surface area contributed by atoms with Gasteiger partial charge in [0.05, 0.1) is 23.8 Å². The van der Waals surface area contributed by atoms with Crippen molar-refractivity contribution in [2.75, 3.05) is 9.80 Å². The predicted molar refractivity (Wildman–Crippen MR) is 91.6 cm³/mol. The molecule has 0 radical (unpaired) electrons. The highest BCUT2D eigenvalue weighted by molar-refractivity contribution is 6.18. The molecular weight excluding hydrogens is 304 g/mol. The molecule has 0 saturated carbocycles. The third-order valence-electron chi connectivity index (χ3n) is 4.15. The van der Waals surface area contributed by atoms with Gasteiger partial charge in [0.2, 0.25) is 17.7 Å².